The first-order valence-corrected chi connectivity index (χ1v) is 9.51. The number of benzene rings is 2. The number of fused-ring (bicyclic) bond motifs is 1. The van der Waals surface area contributed by atoms with Crippen LogP contribution in [0.5, 0.6) is 11.5 Å². The molecule has 33 heavy (non-hydrogen) atoms. The number of halogens is 5. The second-order valence-electron chi connectivity index (χ2n) is 6.68. The van der Waals surface area contributed by atoms with Crippen LogP contribution in [-0.4, -0.2) is 31.8 Å². The monoisotopic (exact) mass is 485 g/mol. The lowest BCUT2D eigenvalue weighted by molar-refractivity contribution is 0.0550. The van der Waals surface area contributed by atoms with Crippen LogP contribution in [0, 0.1) is 11.6 Å². The van der Waals surface area contributed by atoms with E-state index in [-0.39, 0.29) is 39.4 Å². The van der Waals surface area contributed by atoms with Crippen LogP contribution >= 0.6 is 11.6 Å². The van der Waals surface area contributed by atoms with E-state index in [1.807, 2.05) is 0 Å². The van der Waals surface area contributed by atoms with Crippen molar-refractivity contribution in [2.45, 2.75) is 19.6 Å². The van der Waals surface area contributed by atoms with Crippen LogP contribution in [0.15, 0.2) is 30.9 Å². The quantitative estimate of drug-likeness (QED) is 0.305. The van der Waals surface area contributed by atoms with Crippen molar-refractivity contribution in [3.8, 4) is 22.6 Å². The van der Waals surface area contributed by atoms with E-state index in [4.69, 9.17) is 30.9 Å². The summed E-state index contributed by atoms with van der Waals surface area (Å²) in [6, 6.07) is 2.99. The van der Waals surface area contributed by atoms with Gasteiger partial charge >= 0.3 is 6.55 Å². The number of nitrogens with two attached hydrogens (primary N) is 1. The van der Waals surface area contributed by atoms with Crippen LogP contribution in [0.2, 0.25) is 5.02 Å². The lowest BCUT2D eigenvalue weighted by Crippen LogP contribution is -2.09. The number of rotatable bonds is 6. The number of nitrogen functional groups attached to an aromatic ring is 1. The molecule has 2 N–H and O–H groups in total. The van der Waals surface area contributed by atoms with Crippen molar-refractivity contribution in [2.24, 2.45) is 0 Å². The zero-order valence-corrected chi connectivity index (χ0v) is 17.3. The Labute approximate surface area is 193 Å². The first kappa shape index (κ1) is 18.9. The average molecular weight is 486 g/mol. The largest absolute Gasteiger partial charge is 0.496 e. The van der Waals surface area contributed by atoms with E-state index in [0.717, 1.165) is 30.9 Å². The SMILES string of the molecule is [2H]C([2H])([2H])Oc1cc(O[C@@H](C)c2ncn(C(F)F)n2)c2c(N)ncnc2c1-c1ccc(F)c(Cl)c1F. The number of hydrogen-bond donors (Lipinski definition) is 1. The minimum Gasteiger partial charge on any atom is -0.496 e. The Morgan fingerprint density at radius 2 is 1.97 bits per heavy atom. The molecule has 0 aliphatic heterocycles. The van der Waals surface area contributed by atoms with Gasteiger partial charge < -0.3 is 15.2 Å². The summed E-state index contributed by atoms with van der Waals surface area (Å²) in [5.74, 6) is -3.09. The maximum atomic E-state index is 15.0. The highest BCUT2D eigenvalue weighted by molar-refractivity contribution is 6.31. The zero-order chi connectivity index (χ0) is 26.4. The van der Waals surface area contributed by atoms with Crippen LogP contribution in [0.3, 0.4) is 0 Å². The molecule has 0 saturated carbocycles. The summed E-state index contributed by atoms with van der Waals surface area (Å²) >= 11 is 5.74. The van der Waals surface area contributed by atoms with E-state index in [0.29, 0.717) is 4.68 Å². The molecule has 2 heterocycles. The molecule has 0 aliphatic carbocycles. The number of methoxy groups -OCH3 is 1. The van der Waals surface area contributed by atoms with E-state index in [9.17, 15) is 13.2 Å². The molecular weight excluding hydrogens is 468 g/mol. The molecule has 0 bridgehead atoms. The summed E-state index contributed by atoms with van der Waals surface area (Å²) in [5.41, 5.74) is 5.38. The fraction of sp³-hybridized carbons (Fsp3) is 0.200. The average Bonchev–Trinajstić information content (AvgIpc) is 3.28. The molecule has 4 aromatic rings. The molecule has 1 atom stereocenters. The molecule has 0 unspecified atom stereocenters. The maximum Gasteiger partial charge on any atom is 0.334 e. The molecule has 4 rings (SSSR count). The lowest BCUT2D eigenvalue weighted by Gasteiger charge is -2.19. The fourth-order valence-corrected chi connectivity index (χ4v) is 3.34. The second-order valence-corrected chi connectivity index (χ2v) is 7.05. The normalized spacial score (nSPS) is 14.1. The molecule has 8 nitrogen and oxygen atoms in total. The van der Waals surface area contributed by atoms with Gasteiger partial charge in [-0.25, -0.2) is 23.7 Å². The minimum absolute atomic E-state index is 0.00498. The fourth-order valence-electron chi connectivity index (χ4n) is 3.18. The standard InChI is InChI=1S/C20H15ClF4N6O2/c1-8(19-29-7-31(30-19)20(24)25)33-12-5-11(32-2)13(17-14(12)18(26)28-6-27-17)9-3-4-10(22)15(21)16(9)23/h3-8,20H,1-2H3,(H2,26,27,28)/t8-/m0/s1/i2D3. The predicted molar refractivity (Wildman–Crippen MR) is 111 cm³/mol. The van der Waals surface area contributed by atoms with Crippen molar-refractivity contribution in [1.29, 1.82) is 0 Å². The number of ether oxygens (including phenoxy) is 2. The summed E-state index contributed by atoms with van der Waals surface area (Å²) in [4.78, 5) is 11.8. The van der Waals surface area contributed by atoms with Crippen molar-refractivity contribution in [3.63, 3.8) is 0 Å². The summed E-state index contributed by atoms with van der Waals surface area (Å²) < 4.78 is 88.5. The molecule has 0 fully saturated rings. The Hall–Kier alpha value is -3.67. The Kier molecular flexibility index (Phi) is 4.97. The Balaban J connectivity index is 1.95. The van der Waals surface area contributed by atoms with E-state index >= 15 is 4.39 Å². The molecular formula is C20H15ClF4N6O2. The molecule has 13 heteroatoms. The zero-order valence-electron chi connectivity index (χ0n) is 19.6. The van der Waals surface area contributed by atoms with Crippen LogP contribution < -0.4 is 15.2 Å². The van der Waals surface area contributed by atoms with Crippen LogP contribution in [-0.2, 0) is 0 Å². The van der Waals surface area contributed by atoms with Crippen molar-refractivity contribution in [1.82, 2.24) is 24.7 Å². The first-order chi connectivity index (χ1) is 16.9. The van der Waals surface area contributed by atoms with Gasteiger partial charge in [-0.3, -0.25) is 0 Å². The summed E-state index contributed by atoms with van der Waals surface area (Å²) in [5, 5.41) is 2.80. The molecule has 0 aliphatic rings. The molecule has 0 saturated heterocycles. The molecule has 0 radical (unpaired) electrons. The molecule has 172 valence electrons. The van der Waals surface area contributed by atoms with Gasteiger partial charge in [0.1, 0.15) is 40.8 Å². The van der Waals surface area contributed by atoms with Gasteiger partial charge in [-0.1, -0.05) is 11.6 Å². The first-order valence-electron chi connectivity index (χ1n) is 10.6. The lowest BCUT2D eigenvalue weighted by atomic mass is 9.99. The third-order valence-corrected chi connectivity index (χ3v) is 5.02. The predicted octanol–water partition coefficient (Wildman–Crippen LogP) is 4.95. The van der Waals surface area contributed by atoms with Crippen LogP contribution in [0.1, 0.15) is 29.5 Å². The highest BCUT2D eigenvalue weighted by Crippen LogP contribution is 2.45. The van der Waals surface area contributed by atoms with Gasteiger partial charge in [-0.05, 0) is 19.1 Å². The van der Waals surface area contributed by atoms with E-state index in [1.165, 1.54) is 6.92 Å². The van der Waals surface area contributed by atoms with Gasteiger partial charge in [0, 0.05) is 11.6 Å². The van der Waals surface area contributed by atoms with Crippen molar-refractivity contribution < 1.29 is 31.1 Å². The molecule has 2 aromatic heterocycles. The molecule has 2 aromatic carbocycles. The van der Waals surface area contributed by atoms with Crippen molar-refractivity contribution in [3.05, 3.63) is 53.3 Å². The highest BCUT2D eigenvalue weighted by atomic mass is 35.5. The van der Waals surface area contributed by atoms with E-state index in [1.54, 1.807) is 0 Å². The molecule has 0 amide bonds. The summed E-state index contributed by atoms with van der Waals surface area (Å²) in [6.07, 6.45) is 0.793. The van der Waals surface area contributed by atoms with Crippen LogP contribution in [0.25, 0.3) is 22.0 Å². The maximum absolute atomic E-state index is 15.0. The van der Waals surface area contributed by atoms with Gasteiger partial charge in [0.25, 0.3) is 0 Å². The molecule has 0 spiro atoms. The Bertz CT molecular complexity index is 1450. The Morgan fingerprint density at radius 3 is 2.67 bits per heavy atom. The number of nitrogens with zero attached hydrogens (tertiary/aromatic N) is 5. The van der Waals surface area contributed by atoms with E-state index < -0.39 is 42.1 Å². The van der Waals surface area contributed by atoms with Gasteiger partial charge in [-0.2, -0.15) is 13.5 Å². The van der Waals surface area contributed by atoms with Gasteiger partial charge in [0.2, 0.25) is 0 Å². The smallest absolute Gasteiger partial charge is 0.334 e. The third kappa shape index (κ3) is 3.97. The van der Waals surface area contributed by atoms with E-state index in [2.05, 4.69) is 20.1 Å². The summed E-state index contributed by atoms with van der Waals surface area (Å²) in [7, 11) is -3.01. The van der Waals surface area contributed by atoms with Gasteiger partial charge in [0.05, 0.1) is 27.6 Å². The van der Waals surface area contributed by atoms with Crippen LogP contribution in [0.4, 0.5) is 23.4 Å². The second kappa shape index (κ2) is 8.70. The summed E-state index contributed by atoms with van der Waals surface area (Å²) in [6.45, 7) is -1.49. The van der Waals surface area contributed by atoms with Gasteiger partial charge in [0.15, 0.2) is 17.7 Å². The van der Waals surface area contributed by atoms with Gasteiger partial charge in [-0.15, -0.1) is 5.10 Å². The number of aromatic nitrogens is 5. The van der Waals surface area contributed by atoms with Crippen molar-refractivity contribution >= 4 is 28.3 Å². The third-order valence-electron chi connectivity index (χ3n) is 4.68. The number of anilines is 1. The number of hydrogen-bond acceptors (Lipinski definition) is 7. The topological polar surface area (TPSA) is 101 Å². The Morgan fingerprint density at radius 1 is 1.18 bits per heavy atom. The van der Waals surface area contributed by atoms with Crippen molar-refractivity contribution in [2.75, 3.05) is 12.8 Å². The minimum atomic E-state index is -3.01. The highest BCUT2D eigenvalue weighted by Gasteiger charge is 2.25. The number of alkyl halides is 2.